The maximum Gasteiger partial charge on any atom is 0.253 e. The molecule has 3 nitrogen and oxygen atoms in total. The van der Waals surface area contributed by atoms with Gasteiger partial charge >= 0.3 is 0 Å². The highest BCUT2D eigenvalue weighted by molar-refractivity contribution is 7.21. The Morgan fingerprint density at radius 2 is 2.00 bits per heavy atom. The highest BCUT2D eigenvalue weighted by Gasteiger charge is 2.19. The molecule has 1 aliphatic heterocycles. The van der Waals surface area contributed by atoms with Crippen LogP contribution in [0.4, 0.5) is 0 Å². The smallest absolute Gasteiger partial charge is 0.253 e. The lowest BCUT2D eigenvalue weighted by atomic mass is 10.0. The summed E-state index contributed by atoms with van der Waals surface area (Å²) < 4.78 is 0. The van der Waals surface area contributed by atoms with Gasteiger partial charge in [0.05, 0.1) is 9.88 Å². The van der Waals surface area contributed by atoms with E-state index in [1.165, 1.54) is 21.2 Å². The molecule has 3 heterocycles. The molecule has 0 saturated carbocycles. The molecule has 3 aromatic rings. The van der Waals surface area contributed by atoms with Crippen LogP contribution < -0.4 is 0 Å². The molecule has 6 heteroatoms. The molecule has 0 unspecified atom stereocenters. The van der Waals surface area contributed by atoms with Crippen molar-refractivity contribution >= 4 is 40.2 Å². The molecule has 0 aliphatic carbocycles. The highest BCUT2D eigenvalue weighted by atomic mass is 35.5. The topological polar surface area (TPSA) is 33.2 Å². The fourth-order valence-corrected chi connectivity index (χ4v) is 5.82. The maximum absolute atomic E-state index is 12.7. The summed E-state index contributed by atoms with van der Waals surface area (Å²) in [6, 6.07) is 7.86. The molecule has 0 atom stereocenters. The van der Waals surface area contributed by atoms with E-state index in [1.807, 2.05) is 29.3 Å². The number of hydrogen-bond donors (Lipinski definition) is 0. The largest absolute Gasteiger partial charge is 0.339 e. The van der Waals surface area contributed by atoms with E-state index in [4.69, 9.17) is 11.6 Å². The van der Waals surface area contributed by atoms with Gasteiger partial charge in [0, 0.05) is 40.3 Å². The number of thiophene rings is 1. The van der Waals surface area contributed by atoms with Crippen LogP contribution in [0.5, 0.6) is 0 Å². The number of hydrogen-bond acceptors (Lipinski definition) is 4. The number of nitrogens with zero attached hydrogens (tertiary/aromatic N) is 2. The summed E-state index contributed by atoms with van der Waals surface area (Å²) in [4.78, 5) is 21.6. The summed E-state index contributed by atoms with van der Waals surface area (Å²) in [7, 11) is 0. The molecular weight excluding hydrogens is 408 g/mol. The van der Waals surface area contributed by atoms with Crippen molar-refractivity contribution in [1.82, 2.24) is 9.88 Å². The lowest BCUT2D eigenvalue weighted by Crippen LogP contribution is -2.35. The summed E-state index contributed by atoms with van der Waals surface area (Å²) in [6.07, 6.45) is 7.50. The molecule has 0 bridgehead atoms. The second-order valence-electron chi connectivity index (χ2n) is 7.12. The Balaban J connectivity index is 1.54. The number of amides is 1. The van der Waals surface area contributed by atoms with Gasteiger partial charge in [0.1, 0.15) is 0 Å². The van der Waals surface area contributed by atoms with E-state index in [0.717, 1.165) is 49.9 Å². The Bertz CT molecular complexity index is 973. The molecule has 0 spiro atoms. The van der Waals surface area contributed by atoms with Crippen LogP contribution in [0, 0.1) is 0 Å². The summed E-state index contributed by atoms with van der Waals surface area (Å²) >= 11 is 10.0. The van der Waals surface area contributed by atoms with Crippen LogP contribution in [-0.2, 0) is 6.42 Å². The molecule has 1 aliphatic rings. The van der Waals surface area contributed by atoms with E-state index < -0.39 is 0 Å². The first-order valence-electron chi connectivity index (χ1n) is 9.78. The average molecular weight is 431 g/mol. The number of aromatic nitrogens is 1. The minimum absolute atomic E-state index is 0.0901. The van der Waals surface area contributed by atoms with E-state index in [0.29, 0.717) is 10.6 Å². The van der Waals surface area contributed by atoms with Gasteiger partial charge in [-0.1, -0.05) is 24.6 Å². The highest BCUT2D eigenvalue weighted by Crippen LogP contribution is 2.38. The summed E-state index contributed by atoms with van der Waals surface area (Å²) in [5, 5.41) is 3.94. The van der Waals surface area contributed by atoms with Crippen LogP contribution in [-0.4, -0.2) is 28.9 Å². The van der Waals surface area contributed by atoms with Crippen molar-refractivity contribution in [2.75, 3.05) is 13.1 Å². The molecule has 28 heavy (non-hydrogen) atoms. The van der Waals surface area contributed by atoms with Gasteiger partial charge in [-0.3, -0.25) is 4.79 Å². The third-order valence-corrected chi connectivity index (χ3v) is 7.53. The van der Waals surface area contributed by atoms with E-state index in [1.54, 1.807) is 22.7 Å². The molecular formula is C22H23ClN2OS2. The van der Waals surface area contributed by atoms with Crippen molar-refractivity contribution < 1.29 is 4.79 Å². The normalized spacial score (nSPS) is 14.4. The van der Waals surface area contributed by atoms with Crippen LogP contribution >= 0.6 is 34.3 Å². The number of carbonyl (C=O) groups is 1. The number of thiazole rings is 1. The van der Waals surface area contributed by atoms with Crippen molar-refractivity contribution in [2.45, 2.75) is 39.0 Å². The monoisotopic (exact) mass is 430 g/mol. The third-order valence-electron chi connectivity index (χ3n) is 5.03. The van der Waals surface area contributed by atoms with Crippen molar-refractivity contribution in [3.05, 3.63) is 51.4 Å². The fourth-order valence-electron chi connectivity index (χ4n) is 3.52. The van der Waals surface area contributed by atoms with Gasteiger partial charge < -0.3 is 4.90 Å². The van der Waals surface area contributed by atoms with Gasteiger partial charge in [0.15, 0.2) is 0 Å². The molecule has 4 rings (SSSR count). The molecule has 2 aromatic heterocycles. The molecule has 1 aromatic carbocycles. The lowest BCUT2D eigenvalue weighted by Gasteiger charge is -2.26. The Morgan fingerprint density at radius 1 is 1.18 bits per heavy atom. The molecule has 1 saturated heterocycles. The van der Waals surface area contributed by atoms with Crippen molar-refractivity contribution in [1.29, 1.82) is 0 Å². The predicted molar refractivity (Wildman–Crippen MR) is 120 cm³/mol. The third kappa shape index (κ3) is 4.17. The summed E-state index contributed by atoms with van der Waals surface area (Å²) in [5.74, 6) is 0.0901. The fraction of sp³-hybridized carbons (Fsp3) is 0.364. The van der Waals surface area contributed by atoms with Gasteiger partial charge in [0.2, 0.25) is 0 Å². The average Bonchev–Trinajstić information content (AvgIpc) is 3.38. The number of aryl methyl sites for hydroxylation is 1. The first kappa shape index (κ1) is 19.6. The predicted octanol–water partition coefficient (Wildman–Crippen LogP) is 6.77. The SMILES string of the molecule is CCCc1ncc(-c2cc(-c3ccc(C(=O)N4CCCCC4)cc3Cl)cs2)s1. The molecule has 0 N–H and O–H groups in total. The Morgan fingerprint density at radius 3 is 2.75 bits per heavy atom. The Hall–Kier alpha value is -1.69. The summed E-state index contributed by atoms with van der Waals surface area (Å²) in [6.45, 7) is 3.87. The molecule has 1 amide bonds. The molecule has 1 fully saturated rings. The van der Waals surface area contributed by atoms with Gasteiger partial charge in [-0.2, -0.15) is 0 Å². The van der Waals surface area contributed by atoms with E-state index in [9.17, 15) is 4.79 Å². The van der Waals surface area contributed by atoms with Crippen molar-refractivity contribution in [3.8, 4) is 20.9 Å². The first-order chi connectivity index (χ1) is 13.7. The second kappa shape index (κ2) is 8.76. The van der Waals surface area contributed by atoms with Crippen LogP contribution in [0.2, 0.25) is 5.02 Å². The van der Waals surface area contributed by atoms with Gasteiger partial charge in [-0.15, -0.1) is 22.7 Å². The van der Waals surface area contributed by atoms with Crippen LogP contribution in [0.15, 0.2) is 35.8 Å². The maximum atomic E-state index is 12.7. The number of likely N-dealkylation sites (tertiary alicyclic amines) is 1. The molecule has 146 valence electrons. The van der Waals surface area contributed by atoms with Crippen LogP contribution in [0.25, 0.3) is 20.9 Å². The number of halogens is 1. The van der Waals surface area contributed by atoms with Crippen molar-refractivity contribution in [3.63, 3.8) is 0 Å². The minimum atomic E-state index is 0.0901. The minimum Gasteiger partial charge on any atom is -0.339 e. The van der Waals surface area contributed by atoms with Crippen LogP contribution in [0.1, 0.15) is 48.0 Å². The van der Waals surface area contributed by atoms with E-state index >= 15 is 0 Å². The summed E-state index contributed by atoms with van der Waals surface area (Å²) in [5.41, 5.74) is 2.74. The Labute approximate surface area is 179 Å². The van der Waals surface area contributed by atoms with Gasteiger partial charge in [0.25, 0.3) is 5.91 Å². The van der Waals surface area contributed by atoms with Gasteiger partial charge in [-0.25, -0.2) is 4.98 Å². The first-order valence-corrected chi connectivity index (χ1v) is 11.9. The zero-order valence-corrected chi connectivity index (χ0v) is 18.3. The number of piperidine rings is 1. The number of carbonyl (C=O) groups excluding carboxylic acids is 1. The number of benzene rings is 1. The zero-order valence-electron chi connectivity index (χ0n) is 15.9. The van der Waals surface area contributed by atoms with Gasteiger partial charge in [-0.05, 0) is 61.2 Å². The standard InChI is InChI=1S/C22H23ClN2OS2/c1-2-6-21-24-13-20(28-21)19-12-16(14-27-19)17-8-7-15(11-18(17)23)22(26)25-9-4-3-5-10-25/h7-8,11-14H,2-6,9-10H2,1H3. The second-order valence-corrected chi connectivity index (χ2v) is 9.55. The Kier molecular flexibility index (Phi) is 6.14. The quantitative estimate of drug-likeness (QED) is 0.447. The zero-order chi connectivity index (χ0) is 19.5. The lowest BCUT2D eigenvalue weighted by molar-refractivity contribution is 0.0724. The molecule has 0 radical (unpaired) electrons. The van der Waals surface area contributed by atoms with Crippen molar-refractivity contribution in [2.24, 2.45) is 0 Å². The van der Waals surface area contributed by atoms with E-state index in [2.05, 4.69) is 23.4 Å². The van der Waals surface area contributed by atoms with Crippen LogP contribution in [0.3, 0.4) is 0 Å². The number of rotatable bonds is 5. The van der Waals surface area contributed by atoms with E-state index in [-0.39, 0.29) is 5.91 Å².